The third-order valence-electron chi connectivity index (χ3n) is 7.24. The van der Waals surface area contributed by atoms with Crippen LogP contribution in [0.25, 0.3) is 10.9 Å². The minimum Gasteiger partial charge on any atom is -0.351 e. The number of amides is 2. The van der Waals surface area contributed by atoms with Gasteiger partial charge in [-0.05, 0) is 69.8 Å². The summed E-state index contributed by atoms with van der Waals surface area (Å²) in [5.41, 5.74) is 6.55. The van der Waals surface area contributed by atoms with E-state index in [-0.39, 0.29) is 22.6 Å². The number of hydrogen-bond acceptors (Lipinski definition) is 2. The van der Waals surface area contributed by atoms with Crippen LogP contribution in [0.5, 0.6) is 0 Å². The molecule has 4 rings (SSSR count). The van der Waals surface area contributed by atoms with Crippen LogP contribution in [0.3, 0.4) is 0 Å². The third-order valence-corrected chi connectivity index (χ3v) is 7.24. The van der Waals surface area contributed by atoms with Crippen molar-refractivity contribution in [2.24, 2.45) is 5.92 Å². The van der Waals surface area contributed by atoms with Crippen LogP contribution >= 0.6 is 0 Å². The van der Waals surface area contributed by atoms with Crippen molar-refractivity contribution in [2.75, 3.05) is 11.9 Å². The van der Waals surface area contributed by atoms with Crippen molar-refractivity contribution < 1.29 is 9.59 Å². The van der Waals surface area contributed by atoms with Crippen LogP contribution in [0, 0.1) is 5.92 Å². The van der Waals surface area contributed by atoms with Crippen LogP contribution in [0.4, 0.5) is 5.69 Å². The number of nitrogens with zero attached hydrogens (tertiary/aromatic N) is 1. The first kappa shape index (κ1) is 29.1. The number of anilines is 1. The summed E-state index contributed by atoms with van der Waals surface area (Å²) in [6.07, 6.45) is 0. The van der Waals surface area contributed by atoms with Crippen molar-refractivity contribution in [3.8, 4) is 0 Å². The molecule has 0 aliphatic carbocycles. The van der Waals surface area contributed by atoms with Crippen molar-refractivity contribution in [1.29, 1.82) is 0 Å². The summed E-state index contributed by atoms with van der Waals surface area (Å²) >= 11 is 0. The molecule has 210 valence electrons. The summed E-state index contributed by atoms with van der Waals surface area (Å²) in [6.45, 7) is 18.4. The second-order valence-corrected chi connectivity index (χ2v) is 13.2. The van der Waals surface area contributed by atoms with Crippen LogP contribution in [-0.2, 0) is 17.4 Å². The van der Waals surface area contributed by atoms with Crippen LogP contribution in [0.15, 0.2) is 72.8 Å². The van der Waals surface area contributed by atoms with Crippen molar-refractivity contribution in [2.45, 2.75) is 72.8 Å². The van der Waals surface area contributed by atoms with Gasteiger partial charge in [0.25, 0.3) is 11.8 Å². The molecular weight excluding hydrogens is 494 g/mol. The molecule has 2 N–H and O–H groups in total. The highest BCUT2D eigenvalue weighted by molar-refractivity contribution is 6.06. The molecular formula is C35H43N3O2. The Morgan fingerprint density at radius 1 is 0.750 bits per heavy atom. The molecule has 0 saturated carbocycles. The molecule has 0 aliphatic rings. The lowest BCUT2D eigenvalue weighted by atomic mass is 9.86. The fourth-order valence-electron chi connectivity index (χ4n) is 4.71. The van der Waals surface area contributed by atoms with E-state index in [1.54, 1.807) is 0 Å². The number of carbonyl (C=O) groups excluding carboxylic acids is 2. The van der Waals surface area contributed by atoms with E-state index in [2.05, 4.69) is 94.9 Å². The lowest BCUT2D eigenvalue weighted by Gasteiger charge is -2.19. The summed E-state index contributed by atoms with van der Waals surface area (Å²) in [5, 5.41) is 7.00. The molecule has 5 nitrogen and oxygen atoms in total. The fourth-order valence-corrected chi connectivity index (χ4v) is 4.71. The van der Waals surface area contributed by atoms with E-state index in [9.17, 15) is 9.59 Å². The summed E-state index contributed by atoms with van der Waals surface area (Å²) in [4.78, 5) is 26.3. The van der Waals surface area contributed by atoms with E-state index in [1.165, 1.54) is 11.1 Å². The Balaban J connectivity index is 1.63. The molecule has 5 heteroatoms. The average Bonchev–Trinajstić information content (AvgIpc) is 3.24. The van der Waals surface area contributed by atoms with Gasteiger partial charge in [-0.25, -0.2) is 0 Å². The van der Waals surface area contributed by atoms with Gasteiger partial charge in [-0.1, -0.05) is 91.8 Å². The first-order valence-electron chi connectivity index (χ1n) is 14.1. The van der Waals surface area contributed by atoms with Gasteiger partial charge in [0.1, 0.15) is 5.69 Å². The first-order valence-corrected chi connectivity index (χ1v) is 14.1. The molecule has 0 saturated heterocycles. The van der Waals surface area contributed by atoms with Gasteiger partial charge in [-0.3, -0.25) is 9.59 Å². The lowest BCUT2D eigenvalue weighted by Crippen LogP contribution is -2.29. The highest BCUT2D eigenvalue weighted by atomic mass is 16.2. The number of fused-ring (bicyclic) bond motifs is 1. The summed E-state index contributed by atoms with van der Waals surface area (Å²) < 4.78 is 2.06. The minimum absolute atomic E-state index is 0.0288. The smallest absolute Gasteiger partial charge is 0.267 e. The summed E-state index contributed by atoms with van der Waals surface area (Å²) in [5.74, 6) is 0.0971. The maximum absolute atomic E-state index is 13.3. The monoisotopic (exact) mass is 537 g/mol. The molecule has 0 aliphatic heterocycles. The number of hydrogen-bond donors (Lipinski definition) is 2. The van der Waals surface area contributed by atoms with Crippen LogP contribution in [0.2, 0.25) is 0 Å². The lowest BCUT2D eigenvalue weighted by molar-refractivity contribution is 0.0940. The molecule has 4 aromatic rings. The number of aromatic nitrogens is 1. The van der Waals surface area contributed by atoms with E-state index in [0.717, 1.165) is 16.5 Å². The average molecular weight is 538 g/mol. The normalized spacial score (nSPS) is 12.1. The Kier molecular flexibility index (Phi) is 8.25. The largest absolute Gasteiger partial charge is 0.351 e. The maximum atomic E-state index is 13.3. The van der Waals surface area contributed by atoms with E-state index < -0.39 is 0 Å². The van der Waals surface area contributed by atoms with Gasteiger partial charge < -0.3 is 15.2 Å². The minimum atomic E-state index is -0.159. The molecule has 0 spiro atoms. The molecule has 1 aromatic heterocycles. The Hall–Kier alpha value is -3.86. The van der Waals surface area contributed by atoms with Gasteiger partial charge in [-0.15, -0.1) is 0 Å². The molecule has 3 aromatic carbocycles. The highest BCUT2D eigenvalue weighted by Gasteiger charge is 2.19. The van der Waals surface area contributed by atoms with Gasteiger partial charge >= 0.3 is 0 Å². The number of carbonyl (C=O) groups is 2. The van der Waals surface area contributed by atoms with E-state index >= 15 is 0 Å². The Labute approximate surface area is 239 Å². The maximum Gasteiger partial charge on any atom is 0.267 e. The van der Waals surface area contributed by atoms with Crippen molar-refractivity contribution >= 4 is 28.4 Å². The van der Waals surface area contributed by atoms with Gasteiger partial charge in [0.05, 0.1) is 0 Å². The van der Waals surface area contributed by atoms with Gasteiger partial charge in [0.2, 0.25) is 0 Å². The van der Waals surface area contributed by atoms with Crippen molar-refractivity contribution in [3.05, 3.63) is 101 Å². The van der Waals surface area contributed by atoms with Crippen LogP contribution in [-0.4, -0.2) is 22.9 Å². The molecule has 0 bridgehead atoms. The molecule has 0 unspecified atom stereocenters. The number of rotatable bonds is 7. The Bertz CT molecular complexity index is 1500. The highest BCUT2D eigenvalue weighted by Crippen LogP contribution is 2.27. The zero-order valence-corrected chi connectivity index (χ0v) is 25.2. The molecule has 0 atom stereocenters. The number of benzene rings is 3. The van der Waals surface area contributed by atoms with E-state index in [4.69, 9.17) is 0 Å². The van der Waals surface area contributed by atoms with Crippen LogP contribution in [0.1, 0.15) is 92.9 Å². The second kappa shape index (κ2) is 11.3. The quantitative estimate of drug-likeness (QED) is 0.251. The second-order valence-electron chi connectivity index (χ2n) is 13.2. The molecule has 1 heterocycles. The van der Waals surface area contributed by atoms with Crippen LogP contribution < -0.4 is 10.6 Å². The molecule has 2 amide bonds. The third kappa shape index (κ3) is 6.82. The van der Waals surface area contributed by atoms with Gasteiger partial charge in [0.15, 0.2) is 0 Å². The fraction of sp³-hybridized carbons (Fsp3) is 0.371. The molecule has 0 radical (unpaired) electrons. The molecule has 40 heavy (non-hydrogen) atoms. The Morgan fingerprint density at radius 2 is 1.32 bits per heavy atom. The van der Waals surface area contributed by atoms with Gasteiger partial charge in [-0.2, -0.15) is 0 Å². The summed E-state index contributed by atoms with van der Waals surface area (Å²) in [7, 11) is 0. The zero-order valence-electron chi connectivity index (χ0n) is 25.2. The van der Waals surface area contributed by atoms with E-state index in [0.29, 0.717) is 36.0 Å². The van der Waals surface area contributed by atoms with Crippen molar-refractivity contribution in [1.82, 2.24) is 9.88 Å². The predicted octanol–water partition coefficient (Wildman–Crippen LogP) is 7.92. The standard InChI is InChI=1S/C35H43N3O2/c1-23(2)21-36-33(40)31-20-26-19-29(37-32(39)25-11-15-28(16-12-25)35(6,7)8)17-18-30(26)38(31)22-24-9-13-27(14-10-24)34(3,4)5/h9-20,23H,21-22H2,1-8H3,(H,36,40)(H,37,39). The predicted molar refractivity (Wildman–Crippen MR) is 166 cm³/mol. The summed E-state index contributed by atoms with van der Waals surface area (Å²) in [6, 6.07) is 24.1. The zero-order chi connectivity index (χ0) is 29.2. The first-order chi connectivity index (χ1) is 18.7. The van der Waals surface area contributed by atoms with E-state index in [1.807, 2.05) is 48.5 Å². The SMILES string of the molecule is CC(C)CNC(=O)c1cc2cc(NC(=O)c3ccc(C(C)(C)C)cc3)ccc2n1Cc1ccc(C(C)(C)C)cc1. The Morgan fingerprint density at radius 3 is 1.88 bits per heavy atom. The van der Waals surface area contributed by atoms with Crippen molar-refractivity contribution in [3.63, 3.8) is 0 Å². The van der Waals surface area contributed by atoms with Gasteiger partial charge in [0, 0.05) is 35.2 Å². The topological polar surface area (TPSA) is 63.1 Å². The molecule has 0 fully saturated rings. The number of nitrogens with one attached hydrogen (secondary N) is 2.